The zero-order valence-corrected chi connectivity index (χ0v) is 12.0. The van der Waals surface area contributed by atoms with Gasteiger partial charge in [-0.25, -0.2) is 0 Å². The van der Waals surface area contributed by atoms with Gasteiger partial charge in [-0.05, 0) is 32.6 Å². The van der Waals surface area contributed by atoms with E-state index in [4.69, 9.17) is 0 Å². The third-order valence-corrected chi connectivity index (χ3v) is 4.97. The first-order valence-corrected chi connectivity index (χ1v) is 7.35. The van der Waals surface area contributed by atoms with Gasteiger partial charge in [0.05, 0.1) is 0 Å². The molecule has 0 spiro atoms. The van der Waals surface area contributed by atoms with E-state index in [0.29, 0.717) is 10.9 Å². The Morgan fingerprint density at radius 1 is 1.44 bits per heavy atom. The van der Waals surface area contributed by atoms with Crippen molar-refractivity contribution in [3.63, 3.8) is 0 Å². The van der Waals surface area contributed by atoms with Gasteiger partial charge in [-0.15, -0.1) is 0 Å². The summed E-state index contributed by atoms with van der Waals surface area (Å²) in [5.74, 6) is 0.0433. The SMILES string of the molecule is CCC1CCCCN1C(=O)c1sc(=O)n(C)c1C. The number of hydrogen-bond acceptors (Lipinski definition) is 3. The smallest absolute Gasteiger partial charge is 0.307 e. The van der Waals surface area contributed by atoms with Gasteiger partial charge in [0, 0.05) is 25.3 Å². The lowest BCUT2D eigenvalue weighted by Gasteiger charge is -2.35. The minimum Gasteiger partial charge on any atom is -0.335 e. The Labute approximate surface area is 111 Å². The summed E-state index contributed by atoms with van der Waals surface area (Å²) >= 11 is 1.07. The second-order valence-electron chi connectivity index (χ2n) is 4.90. The average Bonchev–Trinajstić information content (AvgIpc) is 2.65. The summed E-state index contributed by atoms with van der Waals surface area (Å²) in [6.07, 6.45) is 4.35. The standard InChI is InChI=1S/C13H20N2O2S/c1-4-10-7-5-6-8-15(10)12(16)11-9(2)14(3)13(17)18-11/h10H,4-8H2,1-3H3. The predicted molar refractivity (Wildman–Crippen MR) is 73.3 cm³/mol. The van der Waals surface area contributed by atoms with Gasteiger partial charge >= 0.3 is 4.87 Å². The second-order valence-corrected chi connectivity index (χ2v) is 5.86. The van der Waals surface area contributed by atoms with Crippen LogP contribution in [0.25, 0.3) is 0 Å². The number of amides is 1. The molecule has 2 rings (SSSR count). The molecular formula is C13H20N2O2S. The van der Waals surface area contributed by atoms with Crippen molar-refractivity contribution in [3.05, 3.63) is 20.2 Å². The third-order valence-electron chi connectivity index (χ3n) is 3.85. The maximum Gasteiger partial charge on any atom is 0.307 e. The second kappa shape index (κ2) is 5.26. The van der Waals surface area contributed by atoms with Crippen molar-refractivity contribution >= 4 is 17.2 Å². The quantitative estimate of drug-likeness (QED) is 0.825. The summed E-state index contributed by atoms with van der Waals surface area (Å²) in [4.78, 5) is 26.7. The van der Waals surface area contributed by atoms with Crippen LogP contribution < -0.4 is 4.87 Å². The summed E-state index contributed by atoms with van der Waals surface area (Å²) in [5, 5.41) is 0. The molecule has 2 heterocycles. The lowest BCUT2D eigenvalue weighted by atomic mass is 10.00. The first-order valence-electron chi connectivity index (χ1n) is 6.53. The van der Waals surface area contributed by atoms with Crippen LogP contribution in [0.4, 0.5) is 0 Å². The lowest BCUT2D eigenvalue weighted by molar-refractivity contribution is 0.0612. The Hall–Kier alpha value is -1.10. The fourth-order valence-electron chi connectivity index (χ4n) is 2.54. The van der Waals surface area contributed by atoms with Crippen molar-refractivity contribution < 1.29 is 4.79 Å². The number of thiazole rings is 1. The Morgan fingerprint density at radius 2 is 2.17 bits per heavy atom. The van der Waals surface area contributed by atoms with E-state index in [2.05, 4.69) is 6.92 Å². The number of nitrogens with zero attached hydrogens (tertiary/aromatic N) is 2. The monoisotopic (exact) mass is 268 g/mol. The van der Waals surface area contributed by atoms with Crippen molar-refractivity contribution in [1.29, 1.82) is 0 Å². The molecule has 1 aliphatic rings. The van der Waals surface area contributed by atoms with E-state index in [9.17, 15) is 9.59 Å². The van der Waals surface area contributed by atoms with Crippen LogP contribution in [-0.2, 0) is 7.05 Å². The topological polar surface area (TPSA) is 42.3 Å². The highest BCUT2D eigenvalue weighted by molar-refractivity contribution is 7.11. The first-order chi connectivity index (χ1) is 8.56. The molecule has 1 aromatic heterocycles. The molecule has 0 aliphatic carbocycles. The lowest BCUT2D eigenvalue weighted by Crippen LogP contribution is -2.43. The highest BCUT2D eigenvalue weighted by Gasteiger charge is 2.28. The number of piperidine rings is 1. The van der Waals surface area contributed by atoms with Gasteiger partial charge < -0.3 is 9.47 Å². The molecule has 1 amide bonds. The van der Waals surface area contributed by atoms with Crippen LogP contribution in [0.3, 0.4) is 0 Å². The van der Waals surface area contributed by atoms with E-state index in [1.54, 1.807) is 11.6 Å². The van der Waals surface area contributed by atoms with Gasteiger partial charge in [0.25, 0.3) is 5.91 Å². The van der Waals surface area contributed by atoms with Crippen molar-refractivity contribution in [2.24, 2.45) is 7.05 Å². The fraction of sp³-hybridized carbons (Fsp3) is 0.692. The third kappa shape index (κ3) is 2.23. The first kappa shape index (κ1) is 13.3. The molecule has 1 atom stereocenters. The molecule has 1 aromatic rings. The Morgan fingerprint density at radius 3 is 2.72 bits per heavy atom. The molecule has 1 saturated heterocycles. The van der Waals surface area contributed by atoms with Crippen LogP contribution in [0, 0.1) is 6.92 Å². The maximum atomic E-state index is 12.5. The highest BCUT2D eigenvalue weighted by atomic mass is 32.1. The van der Waals surface area contributed by atoms with Crippen LogP contribution in [0.2, 0.25) is 0 Å². The Bertz CT molecular complexity index is 504. The van der Waals surface area contributed by atoms with E-state index < -0.39 is 0 Å². The average molecular weight is 268 g/mol. The molecule has 1 unspecified atom stereocenters. The van der Waals surface area contributed by atoms with Crippen molar-refractivity contribution in [1.82, 2.24) is 9.47 Å². The Kier molecular flexibility index (Phi) is 3.90. The summed E-state index contributed by atoms with van der Waals surface area (Å²) < 4.78 is 1.56. The van der Waals surface area contributed by atoms with Crippen molar-refractivity contribution in [3.8, 4) is 0 Å². The largest absolute Gasteiger partial charge is 0.335 e. The number of aromatic nitrogens is 1. The molecule has 100 valence electrons. The van der Waals surface area contributed by atoms with E-state index in [1.165, 1.54) is 6.42 Å². The van der Waals surface area contributed by atoms with Crippen LogP contribution in [0.15, 0.2) is 4.79 Å². The molecule has 4 nitrogen and oxygen atoms in total. The van der Waals surface area contributed by atoms with Gasteiger partial charge in [0.15, 0.2) is 0 Å². The van der Waals surface area contributed by atoms with Gasteiger partial charge in [-0.1, -0.05) is 18.3 Å². The zero-order chi connectivity index (χ0) is 13.3. The molecule has 0 radical (unpaired) electrons. The van der Waals surface area contributed by atoms with Gasteiger partial charge in [-0.3, -0.25) is 9.59 Å². The normalized spacial score (nSPS) is 20.2. The number of hydrogen-bond donors (Lipinski definition) is 0. The van der Waals surface area contributed by atoms with Crippen LogP contribution in [0.1, 0.15) is 48.0 Å². The number of carbonyl (C=O) groups is 1. The van der Waals surface area contributed by atoms with Crippen LogP contribution in [-0.4, -0.2) is 28.0 Å². The maximum absolute atomic E-state index is 12.5. The minimum absolute atomic E-state index is 0.0433. The van der Waals surface area contributed by atoms with Crippen LogP contribution in [0.5, 0.6) is 0 Å². The molecule has 1 aliphatic heterocycles. The van der Waals surface area contributed by atoms with E-state index in [1.807, 2.05) is 11.8 Å². The van der Waals surface area contributed by atoms with Gasteiger partial charge in [0.2, 0.25) is 0 Å². The van der Waals surface area contributed by atoms with E-state index in [-0.39, 0.29) is 10.8 Å². The number of likely N-dealkylation sites (tertiary alicyclic amines) is 1. The highest BCUT2D eigenvalue weighted by Crippen LogP contribution is 2.23. The Balaban J connectivity index is 2.29. The molecule has 0 N–H and O–H groups in total. The molecule has 1 fully saturated rings. The van der Waals surface area contributed by atoms with Gasteiger partial charge in [-0.2, -0.15) is 0 Å². The van der Waals surface area contributed by atoms with Gasteiger partial charge in [0.1, 0.15) is 4.88 Å². The number of rotatable bonds is 2. The van der Waals surface area contributed by atoms with E-state index in [0.717, 1.165) is 42.8 Å². The van der Waals surface area contributed by atoms with Crippen LogP contribution >= 0.6 is 11.3 Å². The molecule has 0 saturated carbocycles. The summed E-state index contributed by atoms with van der Waals surface area (Å²) in [6, 6.07) is 0.341. The van der Waals surface area contributed by atoms with Crippen molar-refractivity contribution in [2.75, 3.05) is 6.54 Å². The van der Waals surface area contributed by atoms with Crippen molar-refractivity contribution in [2.45, 2.75) is 45.6 Å². The summed E-state index contributed by atoms with van der Waals surface area (Å²) in [5.41, 5.74) is 0.787. The predicted octanol–water partition coefficient (Wildman–Crippen LogP) is 2.16. The fourth-order valence-corrected chi connectivity index (χ4v) is 3.48. The molecular weight excluding hydrogens is 248 g/mol. The zero-order valence-electron chi connectivity index (χ0n) is 11.2. The molecule has 0 aromatic carbocycles. The molecule has 18 heavy (non-hydrogen) atoms. The van der Waals surface area contributed by atoms with E-state index >= 15 is 0 Å². The summed E-state index contributed by atoms with van der Waals surface area (Å²) in [6.45, 7) is 4.79. The molecule has 0 bridgehead atoms. The number of carbonyl (C=O) groups excluding carboxylic acids is 1. The summed E-state index contributed by atoms with van der Waals surface area (Å²) in [7, 11) is 1.72. The molecule has 5 heteroatoms. The minimum atomic E-state index is -0.0547.